The van der Waals surface area contributed by atoms with E-state index in [4.69, 9.17) is 0 Å². The second-order valence-electron chi connectivity index (χ2n) is 6.47. The molecule has 0 bridgehead atoms. The molecular formula is C21H20N2O4S2. The van der Waals surface area contributed by atoms with Gasteiger partial charge < -0.3 is 5.32 Å². The number of amides is 1. The topological polar surface area (TPSA) is 89.3 Å². The van der Waals surface area contributed by atoms with Crippen LogP contribution in [-0.4, -0.2) is 28.1 Å². The van der Waals surface area contributed by atoms with Crippen molar-refractivity contribution in [3.63, 3.8) is 0 Å². The van der Waals surface area contributed by atoms with Gasteiger partial charge in [0.1, 0.15) is 0 Å². The van der Waals surface area contributed by atoms with E-state index in [1.807, 2.05) is 30.3 Å². The number of nitrogens with zero attached hydrogens (tertiary/aromatic N) is 1. The van der Waals surface area contributed by atoms with Gasteiger partial charge in [-0.1, -0.05) is 42.5 Å². The number of non-ortho nitro benzene ring substituents is 1. The lowest BCUT2D eigenvalue weighted by atomic mass is 9.96. The fourth-order valence-electron chi connectivity index (χ4n) is 3.06. The molecule has 1 atom stereocenters. The van der Waals surface area contributed by atoms with E-state index in [-0.39, 0.29) is 23.8 Å². The third-order valence-corrected chi connectivity index (χ3v) is 7.11. The second-order valence-corrected chi connectivity index (χ2v) is 8.94. The minimum atomic E-state index is -0.739. The maximum atomic E-state index is 12.8. The van der Waals surface area contributed by atoms with Gasteiger partial charge >= 0.3 is 0 Å². The van der Waals surface area contributed by atoms with Crippen molar-refractivity contribution in [2.24, 2.45) is 0 Å². The Balaban J connectivity index is 1.98. The van der Waals surface area contributed by atoms with Crippen molar-refractivity contribution in [3.8, 4) is 0 Å². The van der Waals surface area contributed by atoms with Crippen LogP contribution in [0.1, 0.15) is 24.1 Å². The van der Waals surface area contributed by atoms with Gasteiger partial charge in [0.25, 0.3) is 5.69 Å². The number of benzene rings is 2. The molecule has 0 aliphatic carbocycles. The van der Waals surface area contributed by atoms with Crippen LogP contribution >= 0.6 is 23.5 Å². The third kappa shape index (κ3) is 5.48. The van der Waals surface area contributed by atoms with Gasteiger partial charge in [0.05, 0.1) is 17.4 Å². The molecule has 0 saturated carbocycles. The van der Waals surface area contributed by atoms with Crippen molar-refractivity contribution in [3.05, 3.63) is 85.6 Å². The third-order valence-electron chi connectivity index (χ3n) is 4.36. The van der Waals surface area contributed by atoms with E-state index in [9.17, 15) is 19.7 Å². The SMILES string of the molecule is CC(=O)C(=C1SCCS1)C(NC(=O)Cc1ccccc1)c1cccc([N+](=O)[O-])c1. The summed E-state index contributed by atoms with van der Waals surface area (Å²) in [7, 11) is 0. The zero-order chi connectivity index (χ0) is 20.8. The Bertz CT molecular complexity index is 952. The van der Waals surface area contributed by atoms with E-state index >= 15 is 0 Å². The fraction of sp³-hybridized carbons (Fsp3) is 0.238. The van der Waals surface area contributed by atoms with E-state index in [1.54, 1.807) is 35.7 Å². The van der Waals surface area contributed by atoms with Gasteiger partial charge in [0.2, 0.25) is 5.91 Å². The molecule has 3 rings (SSSR count). The van der Waals surface area contributed by atoms with Gasteiger partial charge in [0.15, 0.2) is 5.78 Å². The van der Waals surface area contributed by atoms with E-state index in [1.165, 1.54) is 19.1 Å². The maximum Gasteiger partial charge on any atom is 0.269 e. The zero-order valence-corrected chi connectivity index (χ0v) is 17.4. The van der Waals surface area contributed by atoms with Gasteiger partial charge in [-0.2, -0.15) is 0 Å². The largest absolute Gasteiger partial charge is 0.345 e. The van der Waals surface area contributed by atoms with Crippen LogP contribution in [0.4, 0.5) is 5.69 Å². The standard InChI is InChI=1S/C21H20N2O4S2/c1-14(24)19(21-28-10-11-29-21)20(16-8-5-9-17(13-16)23(26)27)22-18(25)12-15-6-3-2-4-7-15/h2-9,13,20H,10-12H2,1H3,(H,22,25). The molecule has 6 nitrogen and oxygen atoms in total. The first-order valence-electron chi connectivity index (χ1n) is 9.04. The molecule has 0 radical (unpaired) electrons. The van der Waals surface area contributed by atoms with Crippen molar-refractivity contribution in [2.75, 3.05) is 11.5 Å². The number of carbonyl (C=O) groups excluding carboxylic acids is 2. The average Bonchev–Trinajstić information content (AvgIpc) is 3.22. The van der Waals surface area contributed by atoms with Crippen LogP contribution < -0.4 is 5.32 Å². The Morgan fingerprint density at radius 1 is 1.10 bits per heavy atom. The summed E-state index contributed by atoms with van der Waals surface area (Å²) in [6.07, 6.45) is 0.160. The van der Waals surface area contributed by atoms with E-state index in [0.29, 0.717) is 11.1 Å². The Morgan fingerprint density at radius 3 is 2.41 bits per heavy atom. The van der Waals surface area contributed by atoms with Gasteiger partial charge in [-0.05, 0) is 18.1 Å². The smallest absolute Gasteiger partial charge is 0.269 e. The number of carbonyl (C=O) groups is 2. The summed E-state index contributed by atoms with van der Waals surface area (Å²) in [6, 6.07) is 14.6. The maximum absolute atomic E-state index is 12.8. The molecule has 2 aromatic carbocycles. The fourth-order valence-corrected chi connectivity index (χ4v) is 5.77. The number of thioether (sulfide) groups is 2. The molecule has 8 heteroatoms. The van der Waals surface area contributed by atoms with E-state index in [2.05, 4.69) is 5.32 Å². The monoisotopic (exact) mass is 428 g/mol. The van der Waals surface area contributed by atoms with Crippen molar-refractivity contribution in [1.29, 1.82) is 0 Å². The first-order chi connectivity index (χ1) is 14.0. The Hall–Kier alpha value is -2.58. The number of hydrogen-bond acceptors (Lipinski definition) is 6. The van der Waals surface area contributed by atoms with Crippen LogP contribution in [0.5, 0.6) is 0 Å². The molecule has 1 N–H and O–H groups in total. The van der Waals surface area contributed by atoms with Crippen molar-refractivity contribution < 1.29 is 14.5 Å². The molecule has 150 valence electrons. The van der Waals surface area contributed by atoms with Gasteiger partial charge in [-0.15, -0.1) is 23.5 Å². The van der Waals surface area contributed by atoms with Crippen LogP contribution in [0.3, 0.4) is 0 Å². The minimum absolute atomic E-state index is 0.0792. The quantitative estimate of drug-likeness (QED) is 0.402. The highest BCUT2D eigenvalue weighted by atomic mass is 32.2. The van der Waals surface area contributed by atoms with Crippen molar-refractivity contribution in [1.82, 2.24) is 5.32 Å². The molecular weight excluding hydrogens is 408 g/mol. The molecule has 1 heterocycles. The number of ketones is 1. The summed E-state index contributed by atoms with van der Waals surface area (Å²) >= 11 is 3.16. The van der Waals surface area contributed by atoms with Crippen LogP contribution in [0, 0.1) is 10.1 Å². The molecule has 1 unspecified atom stereocenters. The highest BCUT2D eigenvalue weighted by Gasteiger charge is 2.29. The van der Waals surface area contributed by atoms with Crippen LogP contribution in [0.15, 0.2) is 64.4 Å². The number of rotatable bonds is 7. The highest BCUT2D eigenvalue weighted by molar-refractivity contribution is 8.25. The molecule has 29 heavy (non-hydrogen) atoms. The van der Waals surface area contributed by atoms with Crippen LogP contribution in [0.25, 0.3) is 0 Å². The molecule has 1 amide bonds. The summed E-state index contributed by atoms with van der Waals surface area (Å²) in [5.74, 6) is 1.37. The molecule has 0 spiro atoms. The van der Waals surface area contributed by atoms with Crippen molar-refractivity contribution >= 4 is 40.9 Å². The Kier molecular flexibility index (Phi) is 7.11. The van der Waals surface area contributed by atoms with Crippen LogP contribution in [0.2, 0.25) is 0 Å². The molecule has 1 aliphatic rings. The highest BCUT2D eigenvalue weighted by Crippen LogP contribution is 2.42. The van der Waals surface area contributed by atoms with Crippen LogP contribution in [-0.2, 0) is 16.0 Å². The predicted molar refractivity (Wildman–Crippen MR) is 117 cm³/mol. The summed E-state index contributed by atoms with van der Waals surface area (Å²) < 4.78 is 0.869. The summed E-state index contributed by atoms with van der Waals surface area (Å²) in [4.78, 5) is 36.0. The lowest BCUT2D eigenvalue weighted by Crippen LogP contribution is -2.33. The number of nitro benzene ring substituents is 1. The number of Topliss-reactive ketones (excluding diaryl/α,β-unsaturated/α-hetero) is 1. The number of hydrogen-bond donors (Lipinski definition) is 1. The lowest BCUT2D eigenvalue weighted by molar-refractivity contribution is -0.384. The van der Waals surface area contributed by atoms with Gasteiger partial charge in [-0.3, -0.25) is 19.7 Å². The number of nitro groups is 1. The van der Waals surface area contributed by atoms with E-state index < -0.39 is 11.0 Å². The molecule has 2 aromatic rings. The van der Waals surface area contributed by atoms with E-state index in [0.717, 1.165) is 21.3 Å². The minimum Gasteiger partial charge on any atom is -0.345 e. The first-order valence-corrected chi connectivity index (χ1v) is 11.0. The summed E-state index contributed by atoms with van der Waals surface area (Å²) in [5, 5.41) is 14.2. The predicted octanol–water partition coefficient (Wildman–Crippen LogP) is 4.28. The number of nitrogens with one attached hydrogen (secondary N) is 1. The average molecular weight is 429 g/mol. The Morgan fingerprint density at radius 2 is 1.79 bits per heavy atom. The molecule has 1 saturated heterocycles. The lowest BCUT2D eigenvalue weighted by Gasteiger charge is -2.22. The normalized spacial score (nSPS) is 14.3. The van der Waals surface area contributed by atoms with Crippen molar-refractivity contribution in [2.45, 2.75) is 19.4 Å². The molecule has 1 fully saturated rings. The van der Waals surface area contributed by atoms with Gasteiger partial charge in [0, 0.05) is 33.4 Å². The summed E-state index contributed by atoms with van der Waals surface area (Å²) in [5.41, 5.74) is 1.78. The summed E-state index contributed by atoms with van der Waals surface area (Å²) in [6.45, 7) is 1.47. The second kappa shape index (κ2) is 9.76. The first kappa shape index (κ1) is 21.1. The Labute approximate surface area is 177 Å². The molecule has 1 aliphatic heterocycles. The molecule has 0 aromatic heterocycles. The van der Waals surface area contributed by atoms with Gasteiger partial charge in [-0.25, -0.2) is 0 Å². The zero-order valence-electron chi connectivity index (χ0n) is 15.8.